The van der Waals surface area contributed by atoms with Crippen LogP contribution in [-0.4, -0.2) is 79.4 Å². The van der Waals surface area contributed by atoms with Gasteiger partial charge in [0.25, 0.3) is 8.18 Å². The molecule has 1 fully saturated rings. The molecule has 0 saturated carbocycles. The lowest BCUT2D eigenvalue weighted by molar-refractivity contribution is -0.149. The monoisotopic (exact) mass is 564 g/mol. The zero-order valence-electron chi connectivity index (χ0n) is 22.0. The summed E-state index contributed by atoms with van der Waals surface area (Å²) < 4.78 is 36.1. The Hall–Kier alpha value is -3.13. The van der Waals surface area contributed by atoms with Gasteiger partial charge in [0.05, 0.1) is 26.1 Å². The SMILES string of the molecule is COc1nc(N)nc2c1ncn2[C@@H]1O[C@H](CO[PH](=O)N[C@H](Cc2ccccc2)C(=O)OC(C)C)[C@@H](O)[C@@]1(C)O. The van der Waals surface area contributed by atoms with Gasteiger partial charge in [0.1, 0.15) is 23.9 Å². The topological polar surface area (TPSA) is 193 Å². The maximum atomic E-state index is 12.8. The molecular weight excluding hydrogens is 531 g/mol. The number of carbonyl (C=O) groups is 1. The predicted octanol–water partition coefficient (Wildman–Crippen LogP) is 0.985. The highest BCUT2D eigenvalue weighted by Crippen LogP contribution is 2.41. The van der Waals surface area contributed by atoms with Crippen LogP contribution in [0.3, 0.4) is 0 Å². The van der Waals surface area contributed by atoms with Crippen molar-refractivity contribution in [2.75, 3.05) is 19.5 Å². The van der Waals surface area contributed by atoms with Crippen LogP contribution in [0.15, 0.2) is 36.7 Å². The standard InChI is InChI=1S/C24H33N6O8P/c1-13(2)37-21(32)15(10-14-8-6-5-7-9-14)29-39(34)36-11-16-18(31)24(3,33)22(38-16)30-12-26-17-19(30)27-23(25)28-20(17)35-4/h5-9,12-13,15-16,18,22,31,33,39H,10-11H2,1-4H3,(H,29,34)(H2,25,27,28)/t15-,16-,18-,22-,24-/m1/s1. The van der Waals surface area contributed by atoms with Crippen LogP contribution in [0.4, 0.5) is 5.95 Å². The second kappa shape index (κ2) is 11.9. The molecule has 4 rings (SSSR count). The van der Waals surface area contributed by atoms with E-state index in [-0.39, 0.29) is 42.1 Å². The number of nitrogens with zero attached hydrogens (tertiary/aromatic N) is 4. The number of rotatable bonds is 11. The number of nitrogens with one attached hydrogen (secondary N) is 1. The number of aliphatic hydroxyl groups excluding tert-OH is 1. The molecule has 0 aliphatic carbocycles. The molecular formula is C24H33N6O8P. The molecule has 2 aromatic heterocycles. The van der Waals surface area contributed by atoms with E-state index >= 15 is 0 Å². The maximum Gasteiger partial charge on any atom is 0.324 e. The smallest absolute Gasteiger partial charge is 0.324 e. The highest BCUT2D eigenvalue weighted by molar-refractivity contribution is 7.36. The van der Waals surface area contributed by atoms with Gasteiger partial charge in [-0.3, -0.25) is 13.9 Å². The molecule has 3 heterocycles. The second-order valence-corrected chi connectivity index (χ2v) is 10.7. The van der Waals surface area contributed by atoms with Crippen molar-refractivity contribution < 1.29 is 38.3 Å². The van der Waals surface area contributed by atoms with E-state index in [1.54, 1.807) is 13.8 Å². The van der Waals surface area contributed by atoms with E-state index in [4.69, 9.17) is 24.5 Å². The lowest BCUT2D eigenvalue weighted by Gasteiger charge is -2.27. The van der Waals surface area contributed by atoms with E-state index in [9.17, 15) is 19.6 Å². The third kappa shape index (κ3) is 6.38. The summed E-state index contributed by atoms with van der Waals surface area (Å²) in [6.07, 6.45) is -2.42. The Balaban J connectivity index is 1.45. The van der Waals surface area contributed by atoms with Gasteiger partial charge in [0, 0.05) is 0 Å². The minimum atomic E-state index is -3.00. The maximum absolute atomic E-state index is 12.8. The summed E-state index contributed by atoms with van der Waals surface area (Å²) in [7, 11) is -1.59. The zero-order valence-corrected chi connectivity index (χ0v) is 23.0. The van der Waals surface area contributed by atoms with Crippen molar-refractivity contribution >= 4 is 31.3 Å². The average Bonchev–Trinajstić information content (AvgIpc) is 3.39. The summed E-state index contributed by atoms with van der Waals surface area (Å²) in [5, 5.41) is 24.7. The average molecular weight is 565 g/mol. The number of hydrogen-bond donors (Lipinski definition) is 4. The van der Waals surface area contributed by atoms with E-state index in [0.29, 0.717) is 0 Å². The van der Waals surface area contributed by atoms with Gasteiger partial charge < -0.3 is 34.7 Å². The van der Waals surface area contributed by atoms with Gasteiger partial charge in [0.15, 0.2) is 17.4 Å². The molecule has 0 radical (unpaired) electrons. The number of hydrogen-bond acceptors (Lipinski definition) is 12. The van der Waals surface area contributed by atoms with Crippen LogP contribution in [0, 0.1) is 0 Å². The molecule has 5 N–H and O–H groups in total. The number of aromatic nitrogens is 4. The Kier molecular flexibility index (Phi) is 8.84. The molecule has 1 saturated heterocycles. The van der Waals surface area contributed by atoms with Gasteiger partial charge in [0.2, 0.25) is 11.8 Å². The molecule has 1 aliphatic heterocycles. The number of nitrogen functional groups attached to an aromatic ring is 1. The number of fused-ring (bicyclic) bond motifs is 1. The summed E-state index contributed by atoms with van der Waals surface area (Å²) >= 11 is 0. The van der Waals surface area contributed by atoms with Crippen molar-refractivity contribution in [2.24, 2.45) is 0 Å². The summed E-state index contributed by atoms with van der Waals surface area (Å²) in [5.41, 5.74) is 5.32. The number of esters is 1. The molecule has 0 spiro atoms. The fourth-order valence-corrected chi connectivity index (χ4v) is 5.20. The molecule has 1 aliphatic rings. The minimum Gasteiger partial charge on any atom is -0.479 e. The third-order valence-corrected chi connectivity index (χ3v) is 7.21. The van der Waals surface area contributed by atoms with Crippen molar-refractivity contribution in [1.82, 2.24) is 24.6 Å². The normalized spacial score (nSPS) is 24.6. The fourth-order valence-electron chi connectivity index (χ4n) is 4.30. The van der Waals surface area contributed by atoms with Gasteiger partial charge in [-0.1, -0.05) is 30.3 Å². The molecule has 0 bridgehead atoms. The lowest BCUT2D eigenvalue weighted by Crippen LogP contribution is -2.44. The number of imidazole rings is 1. The van der Waals surface area contributed by atoms with Crippen LogP contribution >= 0.6 is 8.18 Å². The Morgan fingerprint density at radius 1 is 1.31 bits per heavy atom. The molecule has 212 valence electrons. The Labute approximate surface area is 225 Å². The Morgan fingerprint density at radius 3 is 2.69 bits per heavy atom. The third-order valence-electron chi connectivity index (χ3n) is 6.20. The zero-order chi connectivity index (χ0) is 28.3. The van der Waals surface area contributed by atoms with E-state index in [0.717, 1.165) is 5.56 Å². The van der Waals surface area contributed by atoms with Crippen LogP contribution in [0.2, 0.25) is 0 Å². The molecule has 39 heavy (non-hydrogen) atoms. The van der Waals surface area contributed by atoms with Crippen molar-refractivity contribution in [2.45, 2.75) is 63.4 Å². The number of aliphatic hydroxyl groups is 2. The largest absolute Gasteiger partial charge is 0.479 e. The predicted molar refractivity (Wildman–Crippen MR) is 140 cm³/mol. The van der Waals surface area contributed by atoms with E-state index in [1.165, 1.54) is 24.9 Å². The molecule has 6 atom stereocenters. The van der Waals surface area contributed by atoms with E-state index in [2.05, 4.69) is 20.0 Å². The van der Waals surface area contributed by atoms with Crippen LogP contribution < -0.4 is 15.6 Å². The second-order valence-electron chi connectivity index (χ2n) is 9.58. The fraction of sp³-hybridized carbons (Fsp3) is 0.500. The first-order valence-corrected chi connectivity index (χ1v) is 13.6. The Bertz CT molecular complexity index is 1320. The van der Waals surface area contributed by atoms with Crippen LogP contribution in [-0.2, 0) is 29.8 Å². The quantitative estimate of drug-likeness (QED) is 0.190. The van der Waals surface area contributed by atoms with Crippen molar-refractivity contribution in [3.63, 3.8) is 0 Å². The van der Waals surface area contributed by atoms with Gasteiger partial charge in [-0.05, 0) is 32.8 Å². The number of anilines is 1. The van der Waals surface area contributed by atoms with Gasteiger partial charge in [-0.2, -0.15) is 9.97 Å². The molecule has 1 aromatic carbocycles. The number of ether oxygens (including phenoxy) is 3. The first kappa shape index (κ1) is 28.9. The van der Waals surface area contributed by atoms with Crippen LogP contribution in [0.25, 0.3) is 11.2 Å². The summed E-state index contributed by atoms with van der Waals surface area (Å²) in [4.78, 5) is 25.0. The summed E-state index contributed by atoms with van der Waals surface area (Å²) in [5.74, 6) is -0.510. The Morgan fingerprint density at radius 2 is 2.03 bits per heavy atom. The summed E-state index contributed by atoms with van der Waals surface area (Å²) in [6.45, 7) is 4.48. The van der Waals surface area contributed by atoms with Crippen molar-refractivity contribution in [3.8, 4) is 5.88 Å². The number of carbonyl (C=O) groups excluding carboxylic acids is 1. The van der Waals surface area contributed by atoms with Gasteiger partial charge >= 0.3 is 5.97 Å². The molecule has 1 unspecified atom stereocenters. The first-order chi connectivity index (χ1) is 18.5. The molecule has 15 heteroatoms. The van der Waals surface area contributed by atoms with E-state index < -0.39 is 44.2 Å². The number of nitrogens with two attached hydrogens (primary N) is 1. The molecule has 14 nitrogen and oxygen atoms in total. The lowest BCUT2D eigenvalue weighted by atomic mass is 9.96. The van der Waals surface area contributed by atoms with Gasteiger partial charge in [-0.15, -0.1) is 0 Å². The number of benzene rings is 1. The molecule has 0 amide bonds. The van der Waals surface area contributed by atoms with Crippen molar-refractivity contribution in [1.29, 1.82) is 0 Å². The molecule has 3 aromatic rings. The highest BCUT2D eigenvalue weighted by Gasteiger charge is 2.53. The van der Waals surface area contributed by atoms with Crippen LogP contribution in [0.1, 0.15) is 32.6 Å². The van der Waals surface area contributed by atoms with Crippen LogP contribution in [0.5, 0.6) is 5.88 Å². The van der Waals surface area contributed by atoms with E-state index in [1.807, 2.05) is 30.3 Å². The highest BCUT2D eigenvalue weighted by atomic mass is 31.1. The minimum absolute atomic E-state index is 0.0788. The van der Waals surface area contributed by atoms with Gasteiger partial charge in [-0.25, -0.2) is 10.1 Å². The van der Waals surface area contributed by atoms with Crippen molar-refractivity contribution in [3.05, 3.63) is 42.2 Å². The first-order valence-electron chi connectivity index (χ1n) is 12.3. The number of methoxy groups -OCH3 is 1. The summed E-state index contributed by atoms with van der Waals surface area (Å²) in [6, 6.07) is 8.28.